The van der Waals surface area contributed by atoms with Crippen LogP contribution < -0.4 is 4.90 Å². The highest BCUT2D eigenvalue weighted by atomic mass is 16.3. The van der Waals surface area contributed by atoms with Crippen molar-refractivity contribution in [2.24, 2.45) is 0 Å². The molecular weight excluding hydrogens is 631 g/mol. The predicted octanol–water partition coefficient (Wildman–Crippen LogP) is 14.4. The van der Waals surface area contributed by atoms with Crippen LogP contribution in [0.3, 0.4) is 0 Å². The molecule has 52 heavy (non-hydrogen) atoms. The summed E-state index contributed by atoms with van der Waals surface area (Å²) in [5, 5.41) is 7.06. The second-order valence-electron chi connectivity index (χ2n) is 13.4. The van der Waals surface area contributed by atoms with Crippen molar-refractivity contribution in [3.63, 3.8) is 0 Å². The smallest absolute Gasteiger partial charge is 0.143 e. The second kappa shape index (κ2) is 12.5. The highest BCUT2D eigenvalue weighted by molar-refractivity contribution is 6.19. The SMILES string of the molecule is c1ccc(-c2cccc(N(c3ccccc3)c3ccc(-c4ccc5c(c4)oc4c6ccccc6c(-c6ccc7ccccc7c6)cc54)cc3)c2)cc1. The molecule has 2 nitrogen and oxygen atoms in total. The number of benzene rings is 9. The normalized spacial score (nSPS) is 11.5. The van der Waals surface area contributed by atoms with Gasteiger partial charge in [-0.2, -0.15) is 0 Å². The lowest BCUT2D eigenvalue weighted by Crippen LogP contribution is -2.09. The number of hydrogen-bond donors (Lipinski definition) is 0. The highest BCUT2D eigenvalue weighted by Gasteiger charge is 2.17. The van der Waals surface area contributed by atoms with Gasteiger partial charge in [-0.05, 0) is 110 Å². The van der Waals surface area contributed by atoms with E-state index in [0.717, 1.165) is 55.5 Å². The Bertz CT molecular complexity index is 2890. The maximum atomic E-state index is 6.71. The summed E-state index contributed by atoms with van der Waals surface area (Å²) in [6, 6.07) is 71.5. The van der Waals surface area contributed by atoms with Gasteiger partial charge in [0.15, 0.2) is 0 Å². The summed E-state index contributed by atoms with van der Waals surface area (Å²) in [6.07, 6.45) is 0. The number of rotatable bonds is 6. The van der Waals surface area contributed by atoms with Crippen LogP contribution in [0.2, 0.25) is 0 Å². The Balaban J connectivity index is 1.04. The largest absolute Gasteiger partial charge is 0.455 e. The fourth-order valence-corrected chi connectivity index (χ4v) is 7.66. The number of furan rings is 1. The monoisotopic (exact) mass is 663 g/mol. The Morgan fingerprint density at radius 1 is 0.308 bits per heavy atom. The Hall–Kier alpha value is -6.90. The van der Waals surface area contributed by atoms with Gasteiger partial charge in [0.2, 0.25) is 0 Å². The van der Waals surface area contributed by atoms with E-state index in [-0.39, 0.29) is 0 Å². The van der Waals surface area contributed by atoms with Crippen molar-refractivity contribution in [1.82, 2.24) is 0 Å². The molecule has 0 fully saturated rings. The van der Waals surface area contributed by atoms with Crippen LogP contribution in [0.25, 0.3) is 76.9 Å². The molecule has 0 radical (unpaired) electrons. The summed E-state index contributed by atoms with van der Waals surface area (Å²) in [4.78, 5) is 2.32. The van der Waals surface area contributed by atoms with E-state index < -0.39 is 0 Å². The molecule has 0 aliphatic carbocycles. The molecule has 0 aliphatic rings. The molecule has 0 spiro atoms. The third-order valence-electron chi connectivity index (χ3n) is 10.2. The zero-order valence-electron chi connectivity index (χ0n) is 28.4. The minimum Gasteiger partial charge on any atom is -0.455 e. The van der Waals surface area contributed by atoms with Crippen molar-refractivity contribution in [2.75, 3.05) is 4.90 Å². The summed E-state index contributed by atoms with van der Waals surface area (Å²) >= 11 is 0. The van der Waals surface area contributed by atoms with Crippen LogP contribution in [0.1, 0.15) is 0 Å². The average Bonchev–Trinajstić information content (AvgIpc) is 3.60. The van der Waals surface area contributed by atoms with Crippen LogP contribution in [-0.4, -0.2) is 0 Å². The number of para-hydroxylation sites is 1. The molecule has 2 heteroatoms. The van der Waals surface area contributed by atoms with Crippen molar-refractivity contribution in [3.05, 3.63) is 200 Å². The van der Waals surface area contributed by atoms with Gasteiger partial charge in [-0.3, -0.25) is 0 Å². The van der Waals surface area contributed by atoms with E-state index in [4.69, 9.17) is 4.42 Å². The molecule has 9 aromatic carbocycles. The summed E-state index contributed by atoms with van der Waals surface area (Å²) < 4.78 is 6.71. The highest BCUT2D eigenvalue weighted by Crippen LogP contribution is 2.42. The van der Waals surface area contributed by atoms with Crippen LogP contribution >= 0.6 is 0 Å². The van der Waals surface area contributed by atoms with Crippen molar-refractivity contribution in [1.29, 1.82) is 0 Å². The van der Waals surface area contributed by atoms with Gasteiger partial charge >= 0.3 is 0 Å². The minimum atomic E-state index is 0.890. The third-order valence-corrected chi connectivity index (χ3v) is 10.2. The van der Waals surface area contributed by atoms with Crippen LogP contribution in [0, 0.1) is 0 Å². The number of anilines is 3. The van der Waals surface area contributed by atoms with Gasteiger partial charge in [0.05, 0.1) is 0 Å². The van der Waals surface area contributed by atoms with Crippen molar-refractivity contribution < 1.29 is 4.42 Å². The molecule has 0 amide bonds. The molecule has 0 atom stereocenters. The van der Waals surface area contributed by atoms with Gasteiger partial charge < -0.3 is 9.32 Å². The van der Waals surface area contributed by atoms with Crippen LogP contribution in [0.15, 0.2) is 205 Å². The lowest BCUT2D eigenvalue weighted by atomic mass is 9.94. The summed E-state index contributed by atoms with van der Waals surface area (Å²) in [7, 11) is 0. The Morgan fingerprint density at radius 3 is 1.73 bits per heavy atom. The minimum absolute atomic E-state index is 0.890. The zero-order chi connectivity index (χ0) is 34.4. The number of fused-ring (bicyclic) bond motifs is 6. The fraction of sp³-hybridized carbons (Fsp3) is 0. The summed E-state index contributed by atoms with van der Waals surface area (Å²) in [5.41, 5.74) is 12.2. The van der Waals surface area contributed by atoms with E-state index in [1.807, 2.05) is 0 Å². The van der Waals surface area contributed by atoms with Crippen LogP contribution in [0.4, 0.5) is 17.1 Å². The van der Waals surface area contributed by atoms with Crippen LogP contribution in [-0.2, 0) is 0 Å². The standard InChI is InChI=1S/C50H33NO/c1-3-12-34(13-4-1)38-16-11-19-43(31-38)51(41-17-5-2-6-18-41)42-27-24-36(25-28-42)39-26-29-45-48-33-47(40-23-22-35-14-7-8-15-37(35)30-40)44-20-9-10-21-46(44)50(48)52-49(45)32-39/h1-33H. The van der Waals surface area contributed by atoms with Gasteiger partial charge in [0.25, 0.3) is 0 Å². The fourth-order valence-electron chi connectivity index (χ4n) is 7.66. The Morgan fingerprint density at radius 2 is 0.904 bits per heavy atom. The molecule has 10 rings (SSSR count). The van der Waals surface area contributed by atoms with Gasteiger partial charge in [0.1, 0.15) is 11.2 Å². The van der Waals surface area contributed by atoms with E-state index in [2.05, 4.69) is 205 Å². The number of hydrogen-bond acceptors (Lipinski definition) is 2. The lowest BCUT2D eigenvalue weighted by molar-refractivity contribution is 0.673. The van der Waals surface area contributed by atoms with E-state index in [1.54, 1.807) is 0 Å². The van der Waals surface area contributed by atoms with Gasteiger partial charge in [0, 0.05) is 33.2 Å². The van der Waals surface area contributed by atoms with Crippen molar-refractivity contribution in [3.8, 4) is 33.4 Å². The number of nitrogens with zero attached hydrogens (tertiary/aromatic N) is 1. The molecule has 0 aliphatic heterocycles. The summed E-state index contributed by atoms with van der Waals surface area (Å²) in [6.45, 7) is 0. The molecule has 0 unspecified atom stereocenters. The van der Waals surface area contributed by atoms with Crippen molar-refractivity contribution in [2.45, 2.75) is 0 Å². The van der Waals surface area contributed by atoms with Gasteiger partial charge in [-0.25, -0.2) is 0 Å². The van der Waals surface area contributed by atoms with E-state index in [0.29, 0.717) is 0 Å². The molecule has 1 heterocycles. The Labute approximate surface area is 302 Å². The Kier molecular flexibility index (Phi) is 7.18. The molecule has 1 aromatic heterocycles. The maximum Gasteiger partial charge on any atom is 0.143 e. The summed E-state index contributed by atoms with van der Waals surface area (Å²) in [5.74, 6) is 0. The molecule has 244 valence electrons. The second-order valence-corrected chi connectivity index (χ2v) is 13.4. The first kappa shape index (κ1) is 30.0. The van der Waals surface area contributed by atoms with E-state index in [1.165, 1.54) is 38.4 Å². The quantitative estimate of drug-likeness (QED) is 0.176. The first-order valence-electron chi connectivity index (χ1n) is 17.8. The zero-order valence-corrected chi connectivity index (χ0v) is 28.4. The van der Waals surface area contributed by atoms with Gasteiger partial charge in [-0.1, -0.05) is 140 Å². The lowest BCUT2D eigenvalue weighted by Gasteiger charge is -2.26. The molecule has 0 saturated carbocycles. The topological polar surface area (TPSA) is 16.4 Å². The van der Waals surface area contributed by atoms with Gasteiger partial charge in [-0.15, -0.1) is 0 Å². The van der Waals surface area contributed by atoms with Crippen molar-refractivity contribution >= 4 is 60.5 Å². The van der Waals surface area contributed by atoms with Crippen LogP contribution in [0.5, 0.6) is 0 Å². The first-order chi connectivity index (χ1) is 25.8. The molecule has 0 saturated heterocycles. The maximum absolute atomic E-state index is 6.71. The molecular formula is C50H33NO. The predicted molar refractivity (Wildman–Crippen MR) is 220 cm³/mol. The average molecular weight is 664 g/mol. The first-order valence-corrected chi connectivity index (χ1v) is 17.8. The van der Waals surface area contributed by atoms with E-state index in [9.17, 15) is 0 Å². The molecule has 0 bridgehead atoms. The molecule has 0 N–H and O–H groups in total. The molecule has 10 aromatic rings. The third kappa shape index (κ3) is 5.21. The van der Waals surface area contributed by atoms with E-state index >= 15 is 0 Å².